The molecule has 0 aromatic rings. The molecule has 2 atom stereocenters. The third-order valence-corrected chi connectivity index (χ3v) is 3.22. The van der Waals surface area contributed by atoms with E-state index >= 15 is 0 Å². The molecule has 1 fully saturated rings. The molecular weight excluding hydrogens is 160 g/mol. The van der Waals surface area contributed by atoms with Crippen molar-refractivity contribution in [1.29, 1.82) is 0 Å². The van der Waals surface area contributed by atoms with Crippen molar-refractivity contribution in [3.05, 3.63) is 12.2 Å². The van der Waals surface area contributed by atoms with Gasteiger partial charge in [-0.05, 0) is 31.1 Å². The van der Waals surface area contributed by atoms with Gasteiger partial charge in [0.25, 0.3) is 0 Å². The molecule has 0 radical (unpaired) electrons. The van der Waals surface area contributed by atoms with Crippen LogP contribution in [0.15, 0.2) is 12.2 Å². The minimum atomic E-state index is 0.451. The Morgan fingerprint density at radius 1 is 1.62 bits per heavy atom. The standard InChI is InChI=1S/C12H20O/c1-4-9(2)7-11-8-12(13)6-5-10(11)3/h10-11H,2,4-8H2,1,3H3. The molecule has 0 spiro atoms. The molecule has 0 heterocycles. The molecule has 1 saturated carbocycles. The topological polar surface area (TPSA) is 17.1 Å². The summed E-state index contributed by atoms with van der Waals surface area (Å²) < 4.78 is 0. The van der Waals surface area contributed by atoms with Crippen molar-refractivity contribution in [3.8, 4) is 0 Å². The van der Waals surface area contributed by atoms with E-state index in [9.17, 15) is 4.79 Å². The van der Waals surface area contributed by atoms with E-state index in [4.69, 9.17) is 0 Å². The highest BCUT2D eigenvalue weighted by molar-refractivity contribution is 5.79. The van der Waals surface area contributed by atoms with Crippen molar-refractivity contribution in [3.63, 3.8) is 0 Å². The monoisotopic (exact) mass is 180 g/mol. The van der Waals surface area contributed by atoms with E-state index in [1.165, 1.54) is 5.57 Å². The van der Waals surface area contributed by atoms with Crippen LogP contribution in [-0.2, 0) is 4.79 Å². The Bertz CT molecular complexity index is 205. The Kier molecular flexibility index (Phi) is 3.71. The highest BCUT2D eigenvalue weighted by Crippen LogP contribution is 2.32. The van der Waals surface area contributed by atoms with E-state index in [1.54, 1.807) is 0 Å². The van der Waals surface area contributed by atoms with E-state index < -0.39 is 0 Å². The first-order valence-corrected chi connectivity index (χ1v) is 5.31. The molecule has 0 aromatic carbocycles. The molecule has 1 aliphatic carbocycles. The second-order valence-electron chi connectivity index (χ2n) is 4.33. The van der Waals surface area contributed by atoms with Gasteiger partial charge in [-0.15, -0.1) is 0 Å². The van der Waals surface area contributed by atoms with Gasteiger partial charge >= 0.3 is 0 Å². The van der Waals surface area contributed by atoms with Gasteiger partial charge in [0, 0.05) is 12.8 Å². The van der Waals surface area contributed by atoms with Gasteiger partial charge in [-0.3, -0.25) is 4.79 Å². The van der Waals surface area contributed by atoms with Crippen LogP contribution in [0.2, 0.25) is 0 Å². The highest BCUT2D eigenvalue weighted by atomic mass is 16.1. The maximum atomic E-state index is 11.3. The lowest BCUT2D eigenvalue weighted by Crippen LogP contribution is -2.23. The van der Waals surface area contributed by atoms with Gasteiger partial charge < -0.3 is 0 Å². The minimum Gasteiger partial charge on any atom is -0.300 e. The van der Waals surface area contributed by atoms with Crippen molar-refractivity contribution in [2.24, 2.45) is 11.8 Å². The number of carbonyl (C=O) groups is 1. The molecule has 74 valence electrons. The summed E-state index contributed by atoms with van der Waals surface area (Å²) in [5, 5.41) is 0. The van der Waals surface area contributed by atoms with Crippen molar-refractivity contribution < 1.29 is 4.79 Å². The fourth-order valence-electron chi connectivity index (χ4n) is 2.01. The summed E-state index contributed by atoms with van der Waals surface area (Å²) in [6, 6.07) is 0. The Morgan fingerprint density at radius 3 is 2.92 bits per heavy atom. The molecule has 1 heteroatoms. The number of Topliss-reactive ketones (excluding diaryl/α,β-unsaturated/α-hetero) is 1. The number of ketones is 1. The van der Waals surface area contributed by atoms with E-state index in [1.807, 2.05) is 0 Å². The van der Waals surface area contributed by atoms with Crippen LogP contribution in [-0.4, -0.2) is 5.78 Å². The Balaban J connectivity index is 2.46. The SMILES string of the molecule is C=C(CC)CC1CC(=O)CCC1C. The second kappa shape index (κ2) is 4.59. The molecule has 0 aliphatic heterocycles. The van der Waals surface area contributed by atoms with Gasteiger partial charge in [-0.25, -0.2) is 0 Å². The summed E-state index contributed by atoms with van der Waals surface area (Å²) in [6.07, 6.45) is 4.79. The fraction of sp³-hybridized carbons (Fsp3) is 0.750. The van der Waals surface area contributed by atoms with Crippen LogP contribution in [0.4, 0.5) is 0 Å². The molecule has 0 N–H and O–H groups in total. The van der Waals surface area contributed by atoms with Crippen LogP contribution < -0.4 is 0 Å². The summed E-state index contributed by atoms with van der Waals surface area (Å²) in [4.78, 5) is 11.3. The molecule has 0 amide bonds. The van der Waals surface area contributed by atoms with Crippen LogP contribution >= 0.6 is 0 Å². The van der Waals surface area contributed by atoms with Crippen molar-refractivity contribution in [2.75, 3.05) is 0 Å². The van der Waals surface area contributed by atoms with Crippen LogP contribution in [0, 0.1) is 11.8 Å². The molecule has 0 bridgehead atoms. The van der Waals surface area contributed by atoms with Crippen LogP contribution in [0.5, 0.6) is 0 Å². The lowest BCUT2D eigenvalue weighted by molar-refractivity contribution is -0.122. The van der Waals surface area contributed by atoms with Gasteiger partial charge in [-0.2, -0.15) is 0 Å². The largest absolute Gasteiger partial charge is 0.300 e. The fourth-order valence-corrected chi connectivity index (χ4v) is 2.01. The van der Waals surface area contributed by atoms with Gasteiger partial charge in [-0.1, -0.05) is 26.0 Å². The smallest absolute Gasteiger partial charge is 0.133 e. The predicted molar refractivity (Wildman–Crippen MR) is 55.6 cm³/mol. The molecule has 0 aromatic heterocycles. The summed E-state index contributed by atoms with van der Waals surface area (Å²) in [7, 11) is 0. The third-order valence-electron chi connectivity index (χ3n) is 3.22. The molecule has 2 unspecified atom stereocenters. The Morgan fingerprint density at radius 2 is 2.31 bits per heavy atom. The van der Waals surface area contributed by atoms with Gasteiger partial charge in [0.1, 0.15) is 5.78 Å². The van der Waals surface area contributed by atoms with Crippen LogP contribution in [0.1, 0.15) is 46.0 Å². The zero-order valence-corrected chi connectivity index (χ0v) is 8.81. The third kappa shape index (κ3) is 2.98. The zero-order chi connectivity index (χ0) is 9.84. The molecule has 0 saturated heterocycles. The normalized spacial score (nSPS) is 28.9. The summed E-state index contributed by atoms with van der Waals surface area (Å²) in [5.41, 5.74) is 1.30. The first-order chi connectivity index (χ1) is 6.13. The highest BCUT2D eigenvalue weighted by Gasteiger charge is 2.25. The summed E-state index contributed by atoms with van der Waals surface area (Å²) >= 11 is 0. The molecule has 1 nitrogen and oxygen atoms in total. The molecule has 1 rings (SSSR count). The number of allylic oxidation sites excluding steroid dienone is 1. The maximum absolute atomic E-state index is 11.3. The van der Waals surface area contributed by atoms with Gasteiger partial charge in [0.15, 0.2) is 0 Å². The van der Waals surface area contributed by atoms with Crippen molar-refractivity contribution >= 4 is 5.78 Å². The molecule has 13 heavy (non-hydrogen) atoms. The number of hydrogen-bond donors (Lipinski definition) is 0. The average Bonchev–Trinajstić information content (AvgIpc) is 2.11. The predicted octanol–water partition coefficient (Wildman–Crippen LogP) is 3.35. The number of hydrogen-bond acceptors (Lipinski definition) is 1. The summed E-state index contributed by atoms with van der Waals surface area (Å²) in [6.45, 7) is 8.42. The van der Waals surface area contributed by atoms with Crippen LogP contribution in [0.25, 0.3) is 0 Å². The summed E-state index contributed by atoms with van der Waals surface area (Å²) in [5.74, 6) is 1.74. The molecule has 1 aliphatic rings. The van der Waals surface area contributed by atoms with Crippen molar-refractivity contribution in [2.45, 2.75) is 46.0 Å². The number of rotatable bonds is 3. The van der Waals surface area contributed by atoms with E-state index in [0.717, 1.165) is 32.1 Å². The second-order valence-corrected chi connectivity index (χ2v) is 4.33. The van der Waals surface area contributed by atoms with Crippen LogP contribution in [0.3, 0.4) is 0 Å². The quantitative estimate of drug-likeness (QED) is 0.609. The first-order valence-electron chi connectivity index (χ1n) is 5.31. The lowest BCUT2D eigenvalue weighted by Gasteiger charge is -2.28. The Hall–Kier alpha value is -0.590. The number of carbonyl (C=O) groups excluding carboxylic acids is 1. The Labute approximate surface area is 81.2 Å². The van der Waals surface area contributed by atoms with E-state index in [-0.39, 0.29) is 0 Å². The minimum absolute atomic E-state index is 0.451. The first kappa shape index (κ1) is 10.5. The van der Waals surface area contributed by atoms with Crippen molar-refractivity contribution in [1.82, 2.24) is 0 Å². The van der Waals surface area contributed by atoms with E-state index in [0.29, 0.717) is 17.6 Å². The molecular formula is C12H20O. The van der Waals surface area contributed by atoms with E-state index in [2.05, 4.69) is 20.4 Å². The lowest BCUT2D eigenvalue weighted by atomic mass is 9.76. The van der Waals surface area contributed by atoms with Gasteiger partial charge in [0.05, 0.1) is 0 Å². The zero-order valence-electron chi connectivity index (χ0n) is 8.81. The maximum Gasteiger partial charge on any atom is 0.133 e. The van der Waals surface area contributed by atoms with Gasteiger partial charge in [0.2, 0.25) is 0 Å². The average molecular weight is 180 g/mol.